The molecule has 1 aliphatic rings. The highest BCUT2D eigenvalue weighted by atomic mass is 16.6. The average molecular weight is 248 g/mol. The summed E-state index contributed by atoms with van der Waals surface area (Å²) in [4.78, 5) is 10.2. The van der Waals surface area contributed by atoms with Crippen molar-refractivity contribution in [1.29, 1.82) is 0 Å². The zero-order valence-electron chi connectivity index (χ0n) is 10.8. The lowest BCUT2D eigenvalue weighted by atomic mass is 10.1. The van der Waals surface area contributed by atoms with Gasteiger partial charge in [0.1, 0.15) is 0 Å². The van der Waals surface area contributed by atoms with Gasteiger partial charge < -0.3 is 5.32 Å². The van der Waals surface area contributed by atoms with Gasteiger partial charge in [-0.1, -0.05) is 19.1 Å². The summed E-state index contributed by atoms with van der Waals surface area (Å²) < 4.78 is 0. The zero-order valence-corrected chi connectivity index (χ0v) is 10.8. The Morgan fingerprint density at radius 3 is 2.56 bits per heavy atom. The molecule has 1 aliphatic carbocycles. The van der Waals surface area contributed by atoms with Gasteiger partial charge in [-0.15, -0.1) is 0 Å². The third kappa shape index (κ3) is 3.53. The summed E-state index contributed by atoms with van der Waals surface area (Å²) in [5.41, 5.74) is 1.31. The van der Waals surface area contributed by atoms with Crippen LogP contribution in [-0.4, -0.2) is 17.5 Å². The minimum Gasteiger partial charge on any atom is -0.313 e. The second-order valence-corrected chi connectivity index (χ2v) is 4.98. The molecule has 0 heterocycles. The molecule has 1 atom stereocenters. The van der Waals surface area contributed by atoms with Crippen molar-refractivity contribution in [1.82, 2.24) is 5.32 Å². The highest BCUT2D eigenvalue weighted by Gasteiger charge is 2.29. The van der Waals surface area contributed by atoms with Gasteiger partial charge in [0.05, 0.1) is 4.92 Å². The number of nitrogens with zero attached hydrogens (tertiary/aromatic N) is 1. The first kappa shape index (κ1) is 13.0. The molecule has 98 valence electrons. The summed E-state index contributed by atoms with van der Waals surface area (Å²) in [6.07, 6.45) is 4.85. The van der Waals surface area contributed by atoms with Crippen molar-refractivity contribution in [2.24, 2.45) is 5.92 Å². The van der Waals surface area contributed by atoms with E-state index in [4.69, 9.17) is 0 Å². The van der Waals surface area contributed by atoms with Gasteiger partial charge in [-0.2, -0.15) is 0 Å². The maximum absolute atomic E-state index is 10.5. The SMILES string of the molecule is CCC(NCCc1ccc([N+](=O)[O-])cc1)C1CC1. The van der Waals surface area contributed by atoms with Crippen molar-refractivity contribution >= 4 is 5.69 Å². The number of non-ortho nitro benzene ring substituents is 1. The fourth-order valence-electron chi connectivity index (χ4n) is 2.33. The highest BCUT2D eigenvalue weighted by Crippen LogP contribution is 2.33. The first-order valence-corrected chi connectivity index (χ1v) is 6.67. The number of hydrogen-bond donors (Lipinski definition) is 1. The van der Waals surface area contributed by atoms with Crippen LogP contribution < -0.4 is 5.32 Å². The molecule has 1 aromatic rings. The lowest BCUT2D eigenvalue weighted by Crippen LogP contribution is -2.32. The molecule has 0 aromatic heterocycles. The molecule has 0 spiro atoms. The Morgan fingerprint density at radius 2 is 2.06 bits per heavy atom. The number of nitro benzene ring substituents is 1. The normalized spacial score (nSPS) is 16.5. The number of nitro groups is 1. The molecule has 4 heteroatoms. The molecule has 0 aliphatic heterocycles. The molecule has 1 N–H and O–H groups in total. The van der Waals surface area contributed by atoms with Crippen LogP contribution in [-0.2, 0) is 6.42 Å². The van der Waals surface area contributed by atoms with E-state index >= 15 is 0 Å². The fraction of sp³-hybridized carbons (Fsp3) is 0.571. The van der Waals surface area contributed by atoms with Crippen LogP contribution in [0.1, 0.15) is 31.7 Å². The minimum atomic E-state index is -0.359. The van der Waals surface area contributed by atoms with E-state index in [9.17, 15) is 10.1 Å². The molecule has 1 fully saturated rings. The van der Waals surface area contributed by atoms with Gasteiger partial charge in [0.15, 0.2) is 0 Å². The van der Waals surface area contributed by atoms with Crippen molar-refractivity contribution in [2.75, 3.05) is 6.54 Å². The molecule has 1 aromatic carbocycles. The Bertz CT molecular complexity index is 399. The van der Waals surface area contributed by atoms with Crippen LogP contribution in [0, 0.1) is 16.0 Å². The van der Waals surface area contributed by atoms with Gasteiger partial charge in [0.25, 0.3) is 5.69 Å². The van der Waals surface area contributed by atoms with Crippen molar-refractivity contribution in [3.8, 4) is 0 Å². The summed E-state index contributed by atoms with van der Waals surface area (Å²) in [7, 11) is 0. The summed E-state index contributed by atoms with van der Waals surface area (Å²) in [6.45, 7) is 3.18. The Balaban J connectivity index is 1.77. The molecule has 0 saturated heterocycles. The Morgan fingerprint density at radius 1 is 1.39 bits per heavy atom. The third-order valence-electron chi connectivity index (χ3n) is 3.60. The molecule has 18 heavy (non-hydrogen) atoms. The standard InChI is InChI=1S/C14H20N2O2/c1-2-14(12-5-6-12)15-10-9-11-3-7-13(8-4-11)16(17)18/h3-4,7-8,12,14-15H,2,5-6,9-10H2,1H3. The monoisotopic (exact) mass is 248 g/mol. The first-order valence-electron chi connectivity index (χ1n) is 6.67. The van der Waals surface area contributed by atoms with Crippen LogP contribution in [0.4, 0.5) is 5.69 Å². The molecule has 0 bridgehead atoms. The van der Waals surface area contributed by atoms with E-state index in [2.05, 4.69) is 12.2 Å². The van der Waals surface area contributed by atoms with Crippen LogP contribution >= 0.6 is 0 Å². The van der Waals surface area contributed by atoms with Crippen LogP contribution in [0.2, 0.25) is 0 Å². The molecule has 4 nitrogen and oxygen atoms in total. The summed E-state index contributed by atoms with van der Waals surface area (Å²) in [5, 5.41) is 14.1. The highest BCUT2D eigenvalue weighted by molar-refractivity contribution is 5.32. The van der Waals surface area contributed by atoms with E-state index in [1.54, 1.807) is 12.1 Å². The molecular weight excluding hydrogens is 228 g/mol. The first-order chi connectivity index (χ1) is 8.70. The second-order valence-electron chi connectivity index (χ2n) is 4.98. The largest absolute Gasteiger partial charge is 0.313 e. The zero-order chi connectivity index (χ0) is 13.0. The van der Waals surface area contributed by atoms with Crippen molar-refractivity contribution in [3.63, 3.8) is 0 Å². The minimum absolute atomic E-state index is 0.163. The van der Waals surface area contributed by atoms with Gasteiger partial charge in [0.2, 0.25) is 0 Å². The fourth-order valence-corrected chi connectivity index (χ4v) is 2.33. The smallest absolute Gasteiger partial charge is 0.269 e. The average Bonchev–Trinajstić information content (AvgIpc) is 3.19. The topological polar surface area (TPSA) is 55.2 Å². The molecule has 0 radical (unpaired) electrons. The van der Waals surface area contributed by atoms with Crippen LogP contribution in [0.25, 0.3) is 0 Å². The number of rotatable bonds is 7. The third-order valence-corrected chi connectivity index (χ3v) is 3.60. The predicted molar refractivity (Wildman–Crippen MR) is 71.6 cm³/mol. The van der Waals surface area contributed by atoms with E-state index in [-0.39, 0.29) is 10.6 Å². The van der Waals surface area contributed by atoms with Crippen LogP contribution in [0.5, 0.6) is 0 Å². The van der Waals surface area contributed by atoms with Gasteiger partial charge in [-0.3, -0.25) is 10.1 Å². The molecule has 0 amide bonds. The van der Waals surface area contributed by atoms with E-state index in [1.807, 2.05) is 12.1 Å². The van der Waals surface area contributed by atoms with Gasteiger partial charge >= 0.3 is 0 Å². The van der Waals surface area contributed by atoms with E-state index in [0.717, 1.165) is 24.4 Å². The van der Waals surface area contributed by atoms with Crippen molar-refractivity contribution in [2.45, 2.75) is 38.6 Å². The van der Waals surface area contributed by atoms with E-state index < -0.39 is 0 Å². The number of benzene rings is 1. The Labute approximate surface area is 108 Å². The lowest BCUT2D eigenvalue weighted by molar-refractivity contribution is -0.384. The summed E-state index contributed by atoms with van der Waals surface area (Å²) >= 11 is 0. The van der Waals surface area contributed by atoms with Crippen LogP contribution in [0.3, 0.4) is 0 Å². The lowest BCUT2D eigenvalue weighted by Gasteiger charge is -2.15. The maximum Gasteiger partial charge on any atom is 0.269 e. The van der Waals surface area contributed by atoms with Crippen molar-refractivity contribution in [3.05, 3.63) is 39.9 Å². The van der Waals surface area contributed by atoms with Crippen LogP contribution in [0.15, 0.2) is 24.3 Å². The number of nitrogens with one attached hydrogen (secondary N) is 1. The maximum atomic E-state index is 10.5. The quantitative estimate of drug-likeness (QED) is 0.596. The Hall–Kier alpha value is -1.42. The molecule has 1 unspecified atom stereocenters. The van der Waals surface area contributed by atoms with Gasteiger partial charge in [0, 0.05) is 18.2 Å². The molecule has 1 saturated carbocycles. The van der Waals surface area contributed by atoms with E-state index in [0.29, 0.717) is 6.04 Å². The molecule has 2 rings (SSSR count). The summed E-state index contributed by atoms with van der Waals surface area (Å²) in [6, 6.07) is 7.50. The van der Waals surface area contributed by atoms with Crippen molar-refractivity contribution < 1.29 is 4.92 Å². The van der Waals surface area contributed by atoms with Gasteiger partial charge in [-0.25, -0.2) is 0 Å². The number of hydrogen-bond acceptors (Lipinski definition) is 3. The Kier molecular flexibility index (Phi) is 4.31. The summed E-state index contributed by atoms with van der Waals surface area (Å²) in [5.74, 6) is 0.881. The molecular formula is C14H20N2O2. The van der Waals surface area contributed by atoms with E-state index in [1.165, 1.54) is 19.3 Å². The van der Waals surface area contributed by atoms with Gasteiger partial charge in [-0.05, 0) is 43.7 Å². The predicted octanol–water partition coefficient (Wildman–Crippen LogP) is 2.92. The second kappa shape index (κ2) is 5.96.